The molecule has 21 heavy (non-hydrogen) atoms. The summed E-state index contributed by atoms with van der Waals surface area (Å²) in [5, 5.41) is 11.6. The highest BCUT2D eigenvalue weighted by molar-refractivity contribution is 5.76. The molecule has 1 aliphatic rings. The summed E-state index contributed by atoms with van der Waals surface area (Å²) in [6, 6.07) is 7.43. The van der Waals surface area contributed by atoms with E-state index in [1.165, 1.54) is 0 Å². The van der Waals surface area contributed by atoms with Gasteiger partial charge in [-0.2, -0.15) is 0 Å². The predicted octanol–water partition coefficient (Wildman–Crippen LogP) is 0.950. The van der Waals surface area contributed by atoms with Crippen LogP contribution in [0.25, 0.3) is 0 Å². The van der Waals surface area contributed by atoms with E-state index < -0.39 is 12.1 Å². The molecular formula is C15H20N2O4. The Morgan fingerprint density at radius 2 is 2.00 bits per heavy atom. The lowest BCUT2D eigenvalue weighted by molar-refractivity contribution is -0.149. The number of carboxylic acid groups (broad SMARTS) is 1. The first-order valence-corrected chi connectivity index (χ1v) is 7.04. The molecule has 0 radical (unpaired) electrons. The van der Waals surface area contributed by atoms with Gasteiger partial charge in [0.25, 0.3) is 0 Å². The average Bonchev–Trinajstić information content (AvgIpc) is 2.93. The van der Waals surface area contributed by atoms with Crippen LogP contribution in [0.2, 0.25) is 0 Å². The maximum atomic E-state index is 11.7. The van der Waals surface area contributed by atoms with Gasteiger partial charge in [-0.25, -0.2) is 4.79 Å². The standard InChI is InChI=1S/C15H20N2O4/c16-11-4-1-10(2-5-11)3-8-14(18)17-9-12-6-7-13(21-12)15(19)20/h1-2,4-5,12-13H,3,6-9,16H2,(H,17,18)(H,19,20). The minimum atomic E-state index is -0.938. The Balaban J connectivity index is 1.66. The molecule has 0 aliphatic carbocycles. The summed E-state index contributed by atoms with van der Waals surface area (Å²) in [7, 11) is 0. The fourth-order valence-electron chi connectivity index (χ4n) is 2.30. The third-order valence-corrected chi connectivity index (χ3v) is 3.53. The number of aryl methyl sites for hydroxylation is 1. The van der Waals surface area contributed by atoms with E-state index in [1.807, 2.05) is 24.3 Å². The summed E-state index contributed by atoms with van der Waals surface area (Å²) < 4.78 is 5.32. The van der Waals surface area contributed by atoms with Gasteiger partial charge in [-0.1, -0.05) is 12.1 Å². The molecule has 1 fully saturated rings. The quantitative estimate of drug-likeness (QED) is 0.678. The summed E-state index contributed by atoms with van der Waals surface area (Å²) in [5.41, 5.74) is 7.36. The number of ether oxygens (including phenoxy) is 1. The molecule has 2 atom stereocenters. The van der Waals surface area contributed by atoms with Crippen LogP contribution in [-0.4, -0.2) is 35.7 Å². The molecule has 0 aromatic heterocycles. The zero-order chi connectivity index (χ0) is 15.2. The molecule has 0 spiro atoms. The molecule has 2 rings (SSSR count). The average molecular weight is 292 g/mol. The molecule has 114 valence electrons. The van der Waals surface area contributed by atoms with Gasteiger partial charge in [-0.15, -0.1) is 0 Å². The molecule has 1 saturated heterocycles. The minimum absolute atomic E-state index is 0.0609. The summed E-state index contributed by atoms with van der Waals surface area (Å²) >= 11 is 0. The van der Waals surface area contributed by atoms with E-state index in [-0.39, 0.29) is 12.0 Å². The Morgan fingerprint density at radius 3 is 2.62 bits per heavy atom. The van der Waals surface area contributed by atoms with Crippen LogP contribution < -0.4 is 11.1 Å². The van der Waals surface area contributed by atoms with Crippen LogP contribution in [0.5, 0.6) is 0 Å². The zero-order valence-electron chi connectivity index (χ0n) is 11.7. The predicted molar refractivity (Wildman–Crippen MR) is 77.7 cm³/mol. The highest BCUT2D eigenvalue weighted by Gasteiger charge is 2.30. The van der Waals surface area contributed by atoms with Crippen molar-refractivity contribution in [1.29, 1.82) is 0 Å². The third-order valence-electron chi connectivity index (χ3n) is 3.53. The summed E-state index contributed by atoms with van der Waals surface area (Å²) in [4.78, 5) is 22.5. The first-order chi connectivity index (χ1) is 10.0. The van der Waals surface area contributed by atoms with Crippen LogP contribution >= 0.6 is 0 Å². The third kappa shape index (κ3) is 4.75. The fraction of sp³-hybridized carbons (Fsp3) is 0.467. The highest BCUT2D eigenvalue weighted by Crippen LogP contribution is 2.19. The number of nitrogens with two attached hydrogens (primary N) is 1. The number of carboxylic acids is 1. The second-order valence-electron chi connectivity index (χ2n) is 5.21. The maximum absolute atomic E-state index is 11.7. The Kier molecular flexibility index (Phi) is 5.16. The van der Waals surface area contributed by atoms with Crippen molar-refractivity contribution >= 4 is 17.6 Å². The first kappa shape index (κ1) is 15.3. The van der Waals surface area contributed by atoms with Crippen molar-refractivity contribution in [2.75, 3.05) is 12.3 Å². The second kappa shape index (κ2) is 7.08. The molecule has 6 nitrogen and oxygen atoms in total. The Bertz CT molecular complexity index is 501. The minimum Gasteiger partial charge on any atom is -0.479 e. The Labute approximate surface area is 123 Å². The largest absolute Gasteiger partial charge is 0.479 e. The van der Waals surface area contributed by atoms with Gasteiger partial charge in [0.05, 0.1) is 6.10 Å². The monoisotopic (exact) mass is 292 g/mol. The van der Waals surface area contributed by atoms with Gasteiger partial charge in [0, 0.05) is 18.7 Å². The number of aliphatic carboxylic acids is 1. The van der Waals surface area contributed by atoms with Crippen LogP contribution in [-0.2, 0) is 20.7 Å². The number of amides is 1. The molecule has 1 heterocycles. The van der Waals surface area contributed by atoms with Crippen molar-refractivity contribution in [3.8, 4) is 0 Å². The normalized spacial score (nSPS) is 21.1. The number of rotatable bonds is 6. The van der Waals surface area contributed by atoms with E-state index in [0.29, 0.717) is 37.9 Å². The van der Waals surface area contributed by atoms with Crippen LogP contribution in [0.4, 0.5) is 5.69 Å². The number of nitrogens with one attached hydrogen (secondary N) is 1. The van der Waals surface area contributed by atoms with Gasteiger partial charge in [-0.3, -0.25) is 4.79 Å². The van der Waals surface area contributed by atoms with E-state index in [2.05, 4.69) is 5.32 Å². The molecule has 2 unspecified atom stereocenters. The summed E-state index contributed by atoms with van der Waals surface area (Å²) in [6.45, 7) is 0.365. The molecule has 1 aromatic rings. The number of carbonyl (C=O) groups is 2. The molecule has 6 heteroatoms. The van der Waals surface area contributed by atoms with Crippen molar-refractivity contribution in [3.63, 3.8) is 0 Å². The molecule has 1 amide bonds. The second-order valence-corrected chi connectivity index (χ2v) is 5.21. The van der Waals surface area contributed by atoms with Gasteiger partial charge in [0.1, 0.15) is 0 Å². The van der Waals surface area contributed by atoms with Gasteiger partial charge >= 0.3 is 5.97 Å². The van der Waals surface area contributed by atoms with Crippen molar-refractivity contribution in [1.82, 2.24) is 5.32 Å². The van der Waals surface area contributed by atoms with Gasteiger partial charge in [0.15, 0.2) is 6.10 Å². The topological polar surface area (TPSA) is 102 Å². The number of hydrogen-bond donors (Lipinski definition) is 3. The van der Waals surface area contributed by atoms with E-state index in [4.69, 9.17) is 15.6 Å². The summed E-state index contributed by atoms with van der Waals surface area (Å²) in [6.07, 6.45) is 1.26. The zero-order valence-corrected chi connectivity index (χ0v) is 11.7. The van der Waals surface area contributed by atoms with Crippen molar-refractivity contribution < 1.29 is 19.4 Å². The number of carbonyl (C=O) groups excluding carboxylic acids is 1. The number of benzene rings is 1. The fourth-order valence-corrected chi connectivity index (χ4v) is 2.30. The van der Waals surface area contributed by atoms with E-state index in [1.54, 1.807) is 0 Å². The van der Waals surface area contributed by atoms with Gasteiger partial charge < -0.3 is 20.9 Å². The molecule has 1 aliphatic heterocycles. The molecule has 1 aromatic carbocycles. The lowest BCUT2D eigenvalue weighted by atomic mass is 10.1. The smallest absolute Gasteiger partial charge is 0.332 e. The molecule has 4 N–H and O–H groups in total. The number of anilines is 1. The van der Waals surface area contributed by atoms with Crippen LogP contribution in [0.1, 0.15) is 24.8 Å². The van der Waals surface area contributed by atoms with Crippen LogP contribution in [0, 0.1) is 0 Å². The number of nitrogen functional groups attached to an aromatic ring is 1. The lowest BCUT2D eigenvalue weighted by Gasteiger charge is -2.12. The van der Waals surface area contributed by atoms with Gasteiger partial charge in [-0.05, 0) is 37.0 Å². The van der Waals surface area contributed by atoms with Crippen molar-refractivity contribution in [2.24, 2.45) is 0 Å². The SMILES string of the molecule is Nc1ccc(CCC(=O)NCC2CCC(C(=O)O)O2)cc1. The van der Waals surface area contributed by atoms with Crippen molar-refractivity contribution in [2.45, 2.75) is 37.9 Å². The first-order valence-electron chi connectivity index (χ1n) is 7.04. The van der Waals surface area contributed by atoms with E-state index >= 15 is 0 Å². The summed E-state index contributed by atoms with van der Waals surface area (Å²) in [5.74, 6) is -0.999. The number of hydrogen-bond acceptors (Lipinski definition) is 4. The van der Waals surface area contributed by atoms with Crippen LogP contribution in [0.15, 0.2) is 24.3 Å². The Morgan fingerprint density at radius 1 is 1.29 bits per heavy atom. The van der Waals surface area contributed by atoms with E-state index in [9.17, 15) is 9.59 Å². The Hall–Kier alpha value is -2.08. The highest BCUT2D eigenvalue weighted by atomic mass is 16.5. The molecular weight excluding hydrogens is 272 g/mol. The van der Waals surface area contributed by atoms with Gasteiger partial charge in [0.2, 0.25) is 5.91 Å². The van der Waals surface area contributed by atoms with E-state index in [0.717, 1.165) is 5.56 Å². The van der Waals surface area contributed by atoms with Crippen molar-refractivity contribution in [3.05, 3.63) is 29.8 Å². The molecule has 0 bridgehead atoms. The van der Waals surface area contributed by atoms with Crippen LogP contribution in [0.3, 0.4) is 0 Å². The molecule has 0 saturated carbocycles. The maximum Gasteiger partial charge on any atom is 0.332 e. The lowest BCUT2D eigenvalue weighted by Crippen LogP contribution is -2.33.